The van der Waals surface area contributed by atoms with E-state index in [4.69, 9.17) is 0 Å². The third-order valence-corrected chi connectivity index (χ3v) is 7.41. The molecule has 0 radical (unpaired) electrons. The largest absolute Gasteiger partial charge is 0.352 e. The van der Waals surface area contributed by atoms with Crippen LogP contribution in [0.25, 0.3) is 0 Å². The molecule has 10 heteroatoms. The maximum Gasteiger partial charge on any atom is 0.296 e. The molecule has 31 heavy (non-hydrogen) atoms. The first-order valence-electron chi connectivity index (χ1n) is 10.5. The summed E-state index contributed by atoms with van der Waals surface area (Å²) in [6.45, 7) is 8.45. The number of amides is 1. The van der Waals surface area contributed by atoms with Crippen LogP contribution in [0.2, 0.25) is 0 Å². The minimum atomic E-state index is -2.61. The maximum absolute atomic E-state index is 13.4. The Morgan fingerprint density at radius 2 is 2.16 bits per heavy atom. The summed E-state index contributed by atoms with van der Waals surface area (Å²) in [5, 5.41) is 20.0. The quantitative estimate of drug-likeness (QED) is 0.714. The molecule has 1 amide bonds. The summed E-state index contributed by atoms with van der Waals surface area (Å²) in [5.74, 6) is -0.125. The van der Waals surface area contributed by atoms with Crippen molar-refractivity contribution in [3.05, 3.63) is 21.8 Å². The van der Waals surface area contributed by atoms with Crippen molar-refractivity contribution in [2.75, 3.05) is 10.6 Å². The lowest BCUT2D eigenvalue weighted by Gasteiger charge is -2.33. The fourth-order valence-corrected chi connectivity index (χ4v) is 5.66. The predicted octanol–water partition coefficient (Wildman–Crippen LogP) is 4.62. The van der Waals surface area contributed by atoms with Gasteiger partial charge < -0.3 is 10.6 Å². The number of fused-ring (bicyclic) bond motifs is 2. The minimum absolute atomic E-state index is 0.160. The predicted molar refractivity (Wildman–Crippen MR) is 115 cm³/mol. The lowest BCUT2D eigenvalue weighted by molar-refractivity contribution is 0.0662. The van der Waals surface area contributed by atoms with E-state index in [-0.39, 0.29) is 29.7 Å². The number of nitrogens with one attached hydrogen (secondary N) is 2. The molecule has 0 fully saturated rings. The second-order valence-electron chi connectivity index (χ2n) is 9.47. The second-order valence-corrected chi connectivity index (χ2v) is 10.6. The Morgan fingerprint density at radius 1 is 1.42 bits per heavy atom. The summed E-state index contributed by atoms with van der Waals surface area (Å²) in [7, 11) is 0. The number of hydrogen-bond acceptors (Lipinski definition) is 6. The number of hydrogen-bond donors (Lipinski definition) is 2. The van der Waals surface area contributed by atoms with Crippen LogP contribution in [0.4, 0.5) is 19.7 Å². The molecule has 3 atom stereocenters. The van der Waals surface area contributed by atoms with Crippen molar-refractivity contribution < 1.29 is 13.6 Å². The molecular weight excluding hydrogens is 422 g/mol. The SMILES string of the molecule is C[C@@H]1C[C@H](C(F)F)n2nc(C(=O)Nc3sc4c(c3C#N)CC[C@H](C(C)(C)C)C4)nc2N1. The highest BCUT2D eigenvalue weighted by Gasteiger charge is 2.35. The molecule has 166 valence electrons. The van der Waals surface area contributed by atoms with Crippen molar-refractivity contribution in [3.63, 3.8) is 0 Å². The molecule has 4 rings (SSSR count). The van der Waals surface area contributed by atoms with Gasteiger partial charge in [0.05, 0.1) is 5.56 Å². The van der Waals surface area contributed by atoms with Gasteiger partial charge in [0.1, 0.15) is 17.1 Å². The van der Waals surface area contributed by atoms with Gasteiger partial charge in [-0.05, 0) is 49.5 Å². The number of nitrogens with zero attached hydrogens (tertiary/aromatic N) is 4. The van der Waals surface area contributed by atoms with Gasteiger partial charge in [0.15, 0.2) is 0 Å². The monoisotopic (exact) mass is 448 g/mol. The van der Waals surface area contributed by atoms with Crippen LogP contribution in [0.1, 0.15) is 73.2 Å². The standard InChI is InChI=1S/C21H26F2N6OS/c1-10-7-14(16(22)23)29-20(25-10)26-17(28-29)18(30)27-19-13(9-24)12-6-5-11(21(2,3)4)8-15(12)31-19/h10-11,14,16H,5-8H2,1-4H3,(H,27,30)(H,25,26,28)/t10-,11+,14-/m1/s1. The fraction of sp³-hybridized carbons (Fsp3) is 0.619. The Morgan fingerprint density at radius 3 is 2.81 bits per heavy atom. The number of alkyl halides is 2. The molecule has 1 aliphatic heterocycles. The summed E-state index contributed by atoms with van der Waals surface area (Å²) in [4.78, 5) is 18.1. The van der Waals surface area contributed by atoms with E-state index in [0.29, 0.717) is 16.5 Å². The molecule has 2 aromatic heterocycles. The highest BCUT2D eigenvalue weighted by atomic mass is 32.1. The third-order valence-electron chi connectivity index (χ3n) is 6.24. The average Bonchev–Trinajstić information content (AvgIpc) is 3.26. The number of carbonyl (C=O) groups excluding carboxylic acids is 1. The molecule has 2 N–H and O–H groups in total. The first-order valence-corrected chi connectivity index (χ1v) is 11.3. The van der Waals surface area contributed by atoms with E-state index in [1.165, 1.54) is 11.3 Å². The summed E-state index contributed by atoms with van der Waals surface area (Å²) >= 11 is 1.42. The molecule has 3 heterocycles. The van der Waals surface area contributed by atoms with Gasteiger partial charge in [-0.15, -0.1) is 16.4 Å². The van der Waals surface area contributed by atoms with Gasteiger partial charge >= 0.3 is 0 Å². The lowest BCUT2D eigenvalue weighted by atomic mass is 9.72. The van der Waals surface area contributed by atoms with Crippen LogP contribution < -0.4 is 10.6 Å². The smallest absolute Gasteiger partial charge is 0.296 e. The molecule has 0 unspecified atom stereocenters. The maximum atomic E-state index is 13.4. The molecule has 0 saturated carbocycles. The van der Waals surface area contributed by atoms with Crippen LogP contribution in [0, 0.1) is 22.7 Å². The average molecular weight is 449 g/mol. The zero-order valence-electron chi connectivity index (χ0n) is 18.0. The van der Waals surface area contributed by atoms with E-state index in [1.54, 1.807) is 6.92 Å². The summed E-state index contributed by atoms with van der Waals surface area (Å²) < 4.78 is 27.9. The van der Waals surface area contributed by atoms with Gasteiger partial charge in [-0.3, -0.25) is 4.79 Å². The Labute approximate surface area is 183 Å². The summed E-state index contributed by atoms with van der Waals surface area (Å²) in [6, 6.07) is 0.905. The van der Waals surface area contributed by atoms with E-state index in [0.717, 1.165) is 34.4 Å². The van der Waals surface area contributed by atoms with Crippen LogP contribution in [-0.4, -0.2) is 33.1 Å². The van der Waals surface area contributed by atoms with E-state index in [1.807, 2.05) is 0 Å². The lowest BCUT2D eigenvalue weighted by Crippen LogP contribution is -2.33. The molecule has 0 spiro atoms. The zero-order valence-corrected chi connectivity index (χ0v) is 18.8. The van der Waals surface area contributed by atoms with Crippen LogP contribution >= 0.6 is 11.3 Å². The van der Waals surface area contributed by atoms with Crippen molar-refractivity contribution in [2.24, 2.45) is 11.3 Å². The number of nitriles is 1. The molecule has 2 aromatic rings. The van der Waals surface area contributed by atoms with Gasteiger partial charge in [-0.2, -0.15) is 10.2 Å². The normalized spacial score (nSPS) is 23.0. The van der Waals surface area contributed by atoms with Crippen molar-refractivity contribution in [2.45, 2.75) is 71.9 Å². The first-order chi connectivity index (χ1) is 14.6. The number of rotatable bonds is 3. The number of carbonyl (C=O) groups is 1. The third kappa shape index (κ3) is 4.03. The van der Waals surface area contributed by atoms with Gasteiger partial charge in [0.25, 0.3) is 12.3 Å². The Bertz CT molecular complexity index is 1050. The van der Waals surface area contributed by atoms with Gasteiger partial charge in [0.2, 0.25) is 11.8 Å². The molecule has 0 saturated heterocycles. The van der Waals surface area contributed by atoms with E-state index >= 15 is 0 Å². The van der Waals surface area contributed by atoms with Crippen molar-refractivity contribution >= 4 is 28.2 Å². The number of anilines is 2. The molecule has 1 aliphatic carbocycles. The van der Waals surface area contributed by atoms with E-state index < -0.39 is 18.4 Å². The molecule has 0 aromatic carbocycles. The van der Waals surface area contributed by atoms with Crippen LogP contribution in [-0.2, 0) is 12.8 Å². The Balaban J connectivity index is 1.59. The van der Waals surface area contributed by atoms with E-state index in [9.17, 15) is 18.8 Å². The Kier molecular flexibility index (Phi) is 5.50. The van der Waals surface area contributed by atoms with Gasteiger partial charge in [-0.25, -0.2) is 13.5 Å². The molecular formula is C21H26F2N6OS. The number of aromatic nitrogens is 3. The van der Waals surface area contributed by atoms with Gasteiger partial charge in [0, 0.05) is 10.9 Å². The molecule has 2 aliphatic rings. The Hall–Kier alpha value is -2.54. The summed E-state index contributed by atoms with van der Waals surface area (Å²) in [6.07, 6.45) is 0.277. The highest BCUT2D eigenvalue weighted by Crippen LogP contribution is 2.44. The minimum Gasteiger partial charge on any atom is -0.352 e. The summed E-state index contributed by atoms with van der Waals surface area (Å²) in [5.41, 5.74) is 1.67. The topological polar surface area (TPSA) is 95.6 Å². The van der Waals surface area contributed by atoms with Crippen LogP contribution in [0.15, 0.2) is 0 Å². The van der Waals surface area contributed by atoms with E-state index in [2.05, 4.69) is 47.6 Å². The van der Waals surface area contributed by atoms with Crippen molar-refractivity contribution in [1.82, 2.24) is 14.8 Å². The van der Waals surface area contributed by atoms with Crippen LogP contribution in [0.5, 0.6) is 0 Å². The van der Waals surface area contributed by atoms with Crippen molar-refractivity contribution in [3.8, 4) is 6.07 Å². The van der Waals surface area contributed by atoms with Crippen molar-refractivity contribution in [1.29, 1.82) is 5.26 Å². The fourth-order valence-electron chi connectivity index (χ4n) is 4.39. The molecule has 0 bridgehead atoms. The zero-order chi connectivity index (χ0) is 22.5. The molecule has 7 nitrogen and oxygen atoms in total. The highest BCUT2D eigenvalue weighted by molar-refractivity contribution is 7.16. The van der Waals surface area contributed by atoms with Crippen LogP contribution in [0.3, 0.4) is 0 Å². The number of halogens is 2. The number of thiophene rings is 1. The van der Waals surface area contributed by atoms with Gasteiger partial charge in [-0.1, -0.05) is 20.8 Å². The second kappa shape index (κ2) is 7.86. The first kappa shape index (κ1) is 21.7.